The van der Waals surface area contributed by atoms with Gasteiger partial charge in [0.1, 0.15) is 0 Å². The lowest BCUT2D eigenvalue weighted by atomic mass is 10.1. The van der Waals surface area contributed by atoms with Crippen molar-refractivity contribution in [2.45, 2.75) is 44.4 Å². The summed E-state index contributed by atoms with van der Waals surface area (Å²) >= 11 is 0. The molecule has 0 spiro atoms. The standard InChI is InChI=1S/C16H24N2O2/c1-2-16(19-11-1)13-20-15-5-9-18(10-6-15)12-14-3-7-17-8-4-14/h3-4,7-8,15-16H,1-2,5-6,9-13H2. The molecule has 0 N–H and O–H groups in total. The van der Waals surface area contributed by atoms with E-state index in [0.29, 0.717) is 12.2 Å². The Morgan fingerprint density at radius 1 is 1.20 bits per heavy atom. The Hall–Kier alpha value is -0.970. The fraction of sp³-hybridized carbons (Fsp3) is 0.688. The second-order valence-corrected chi connectivity index (χ2v) is 5.80. The molecule has 0 aliphatic carbocycles. The Morgan fingerprint density at radius 3 is 2.70 bits per heavy atom. The predicted molar refractivity (Wildman–Crippen MR) is 77.5 cm³/mol. The van der Waals surface area contributed by atoms with E-state index in [1.54, 1.807) is 0 Å². The molecule has 3 heterocycles. The second-order valence-electron chi connectivity index (χ2n) is 5.80. The summed E-state index contributed by atoms with van der Waals surface area (Å²) in [4.78, 5) is 6.56. The maximum atomic E-state index is 6.00. The SMILES string of the molecule is c1cc(CN2CCC(OCC3CCCO3)CC2)ccn1. The van der Waals surface area contributed by atoms with Crippen LogP contribution in [0.2, 0.25) is 0 Å². The first-order valence-corrected chi connectivity index (χ1v) is 7.74. The Kier molecular flexibility index (Phi) is 5.01. The molecule has 1 unspecified atom stereocenters. The highest BCUT2D eigenvalue weighted by Gasteiger charge is 2.22. The zero-order chi connectivity index (χ0) is 13.6. The topological polar surface area (TPSA) is 34.6 Å². The van der Waals surface area contributed by atoms with Gasteiger partial charge in [-0.25, -0.2) is 0 Å². The van der Waals surface area contributed by atoms with Crippen molar-refractivity contribution in [2.24, 2.45) is 0 Å². The van der Waals surface area contributed by atoms with E-state index in [1.165, 1.54) is 18.4 Å². The molecule has 4 nitrogen and oxygen atoms in total. The van der Waals surface area contributed by atoms with Crippen LogP contribution in [-0.4, -0.2) is 48.4 Å². The lowest BCUT2D eigenvalue weighted by Crippen LogP contribution is -2.37. The second kappa shape index (κ2) is 7.16. The van der Waals surface area contributed by atoms with Gasteiger partial charge in [0.25, 0.3) is 0 Å². The molecule has 2 saturated heterocycles. The van der Waals surface area contributed by atoms with Gasteiger partial charge < -0.3 is 9.47 Å². The summed E-state index contributed by atoms with van der Waals surface area (Å²) in [6.07, 6.45) is 9.15. The van der Waals surface area contributed by atoms with E-state index < -0.39 is 0 Å². The highest BCUT2D eigenvalue weighted by Crippen LogP contribution is 2.18. The highest BCUT2D eigenvalue weighted by molar-refractivity contribution is 5.09. The normalized spacial score (nSPS) is 25.1. The van der Waals surface area contributed by atoms with E-state index in [2.05, 4.69) is 22.0 Å². The Labute approximate surface area is 121 Å². The maximum absolute atomic E-state index is 6.00. The summed E-state index contributed by atoms with van der Waals surface area (Å²) < 4.78 is 11.6. The van der Waals surface area contributed by atoms with Gasteiger partial charge in [0.05, 0.1) is 18.8 Å². The maximum Gasteiger partial charge on any atom is 0.0809 e. The number of pyridine rings is 1. The summed E-state index contributed by atoms with van der Waals surface area (Å²) in [5.41, 5.74) is 1.35. The van der Waals surface area contributed by atoms with Crippen LogP contribution in [-0.2, 0) is 16.0 Å². The van der Waals surface area contributed by atoms with Crippen LogP contribution in [0.3, 0.4) is 0 Å². The minimum atomic E-state index is 0.352. The summed E-state index contributed by atoms with van der Waals surface area (Å²) in [6.45, 7) is 4.98. The van der Waals surface area contributed by atoms with Crippen LogP contribution in [0.15, 0.2) is 24.5 Å². The summed E-state index contributed by atoms with van der Waals surface area (Å²) in [6, 6.07) is 4.19. The molecule has 0 aromatic carbocycles. The Bertz CT molecular complexity index is 385. The molecule has 0 saturated carbocycles. The minimum absolute atomic E-state index is 0.352. The molecule has 2 aliphatic rings. The van der Waals surface area contributed by atoms with Crippen molar-refractivity contribution in [3.8, 4) is 0 Å². The van der Waals surface area contributed by atoms with Crippen LogP contribution in [0, 0.1) is 0 Å². The number of hydrogen-bond donors (Lipinski definition) is 0. The number of nitrogens with zero attached hydrogens (tertiary/aromatic N) is 2. The number of piperidine rings is 1. The number of hydrogen-bond acceptors (Lipinski definition) is 4. The predicted octanol–water partition coefficient (Wildman–Crippen LogP) is 2.24. The molecular weight excluding hydrogens is 252 g/mol. The van der Waals surface area contributed by atoms with Gasteiger partial charge in [-0.2, -0.15) is 0 Å². The molecule has 20 heavy (non-hydrogen) atoms. The largest absolute Gasteiger partial charge is 0.376 e. The van der Waals surface area contributed by atoms with Crippen molar-refractivity contribution < 1.29 is 9.47 Å². The van der Waals surface area contributed by atoms with Crippen LogP contribution < -0.4 is 0 Å². The zero-order valence-corrected chi connectivity index (χ0v) is 12.0. The van der Waals surface area contributed by atoms with Crippen LogP contribution in [0.5, 0.6) is 0 Å². The first kappa shape index (κ1) is 14.0. The molecule has 3 rings (SSSR count). The van der Waals surface area contributed by atoms with E-state index in [9.17, 15) is 0 Å². The van der Waals surface area contributed by atoms with Crippen LogP contribution in [0.1, 0.15) is 31.2 Å². The van der Waals surface area contributed by atoms with Gasteiger partial charge in [0.15, 0.2) is 0 Å². The van der Waals surface area contributed by atoms with E-state index in [0.717, 1.165) is 45.7 Å². The highest BCUT2D eigenvalue weighted by atomic mass is 16.5. The third kappa shape index (κ3) is 4.01. The molecule has 110 valence electrons. The average Bonchev–Trinajstić information content (AvgIpc) is 3.01. The van der Waals surface area contributed by atoms with Crippen molar-refractivity contribution in [2.75, 3.05) is 26.3 Å². The van der Waals surface area contributed by atoms with Gasteiger partial charge in [-0.3, -0.25) is 9.88 Å². The number of aromatic nitrogens is 1. The fourth-order valence-electron chi connectivity index (χ4n) is 3.00. The third-order valence-electron chi connectivity index (χ3n) is 4.23. The third-order valence-corrected chi connectivity index (χ3v) is 4.23. The molecule has 0 radical (unpaired) electrons. The van der Waals surface area contributed by atoms with Crippen LogP contribution in [0.4, 0.5) is 0 Å². The van der Waals surface area contributed by atoms with E-state index in [4.69, 9.17) is 9.47 Å². The quantitative estimate of drug-likeness (QED) is 0.826. The fourth-order valence-corrected chi connectivity index (χ4v) is 3.00. The van der Waals surface area contributed by atoms with E-state index in [-0.39, 0.29) is 0 Å². The van der Waals surface area contributed by atoms with Gasteiger partial charge in [-0.05, 0) is 43.4 Å². The van der Waals surface area contributed by atoms with E-state index >= 15 is 0 Å². The van der Waals surface area contributed by atoms with Crippen molar-refractivity contribution in [3.63, 3.8) is 0 Å². The van der Waals surface area contributed by atoms with Crippen molar-refractivity contribution in [1.82, 2.24) is 9.88 Å². The smallest absolute Gasteiger partial charge is 0.0809 e. The lowest BCUT2D eigenvalue weighted by molar-refractivity contribution is -0.0426. The molecule has 0 amide bonds. The summed E-state index contributed by atoms with van der Waals surface area (Å²) in [7, 11) is 0. The molecule has 4 heteroatoms. The Morgan fingerprint density at radius 2 is 2.00 bits per heavy atom. The summed E-state index contributed by atoms with van der Waals surface area (Å²) in [5.74, 6) is 0. The van der Waals surface area contributed by atoms with Crippen molar-refractivity contribution in [1.29, 1.82) is 0 Å². The number of likely N-dealkylation sites (tertiary alicyclic amines) is 1. The van der Waals surface area contributed by atoms with Gasteiger partial charge in [0.2, 0.25) is 0 Å². The Balaban J connectivity index is 1.36. The van der Waals surface area contributed by atoms with Crippen molar-refractivity contribution in [3.05, 3.63) is 30.1 Å². The number of ether oxygens (including phenoxy) is 2. The number of rotatable bonds is 5. The molecule has 2 fully saturated rings. The average molecular weight is 276 g/mol. The van der Waals surface area contributed by atoms with Crippen LogP contribution >= 0.6 is 0 Å². The van der Waals surface area contributed by atoms with E-state index in [1.807, 2.05) is 12.4 Å². The molecule has 1 atom stereocenters. The minimum Gasteiger partial charge on any atom is -0.376 e. The monoisotopic (exact) mass is 276 g/mol. The zero-order valence-electron chi connectivity index (χ0n) is 12.0. The van der Waals surface area contributed by atoms with Gasteiger partial charge in [0, 0.05) is 38.6 Å². The lowest BCUT2D eigenvalue weighted by Gasteiger charge is -2.32. The van der Waals surface area contributed by atoms with Crippen LogP contribution in [0.25, 0.3) is 0 Å². The molecule has 1 aromatic heterocycles. The van der Waals surface area contributed by atoms with Crippen molar-refractivity contribution >= 4 is 0 Å². The molecule has 1 aromatic rings. The van der Waals surface area contributed by atoms with Gasteiger partial charge >= 0.3 is 0 Å². The molecule has 2 aliphatic heterocycles. The van der Waals surface area contributed by atoms with Gasteiger partial charge in [-0.15, -0.1) is 0 Å². The first-order valence-electron chi connectivity index (χ1n) is 7.74. The summed E-state index contributed by atoms with van der Waals surface area (Å²) in [5, 5.41) is 0. The first-order chi connectivity index (χ1) is 9.90. The van der Waals surface area contributed by atoms with Gasteiger partial charge in [-0.1, -0.05) is 0 Å². The molecular formula is C16H24N2O2. The molecule has 0 bridgehead atoms.